The minimum Gasteiger partial charge on any atom is -0.544 e. The van der Waals surface area contributed by atoms with Crippen LogP contribution in [-0.2, 0) is 9.53 Å². The minimum absolute atomic E-state index is 0. The van der Waals surface area contributed by atoms with Gasteiger partial charge in [0.1, 0.15) is 11.6 Å². The van der Waals surface area contributed by atoms with Crippen LogP contribution in [0.15, 0.2) is 0 Å². The van der Waals surface area contributed by atoms with E-state index in [1.54, 1.807) is 20.8 Å². The summed E-state index contributed by atoms with van der Waals surface area (Å²) in [5.41, 5.74) is -0.734. The number of alkyl halides is 2. The van der Waals surface area contributed by atoms with E-state index in [-0.39, 0.29) is 18.9 Å². The predicted molar refractivity (Wildman–Crippen MR) is 53.4 cm³/mol. The molecule has 0 aliphatic carbocycles. The van der Waals surface area contributed by atoms with Crippen molar-refractivity contribution in [2.75, 3.05) is 13.6 Å². The summed E-state index contributed by atoms with van der Waals surface area (Å²) in [6, 6.07) is 0. The van der Waals surface area contributed by atoms with E-state index in [9.17, 15) is 23.5 Å². The maximum atomic E-state index is 12.7. The van der Waals surface area contributed by atoms with E-state index in [1.807, 2.05) is 0 Å². The van der Waals surface area contributed by atoms with Gasteiger partial charge in [-0.1, -0.05) is 0 Å². The summed E-state index contributed by atoms with van der Waals surface area (Å²) in [6.07, 6.45) is -1.79. The molecule has 0 aromatic carbocycles. The third-order valence-electron chi connectivity index (χ3n) is 1.77. The monoisotopic (exact) mass is 259 g/mol. The van der Waals surface area contributed by atoms with E-state index >= 15 is 0 Å². The summed E-state index contributed by atoms with van der Waals surface area (Å²) in [7, 11) is 1.25. The number of hydrogen-bond acceptors (Lipinski definition) is 4. The van der Waals surface area contributed by atoms with Gasteiger partial charge in [0.15, 0.2) is 0 Å². The van der Waals surface area contributed by atoms with Crippen LogP contribution in [0.25, 0.3) is 0 Å². The fourth-order valence-corrected chi connectivity index (χ4v) is 0.841. The maximum Gasteiger partial charge on any atom is 1.00 e. The fraction of sp³-hybridized carbons (Fsp3) is 0.800. The van der Waals surface area contributed by atoms with Gasteiger partial charge in [-0.05, 0) is 20.8 Å². The number of ether oxygens (including phenoxy) is 1. The van der Waals surface area contributed by atoms with Crippen molar-refractivity contribution >= 4 is 12.1 Å². The van der Waals surface area contributed by atoms with Crippen molar-refractivity contribution in [3.63, 3.8) is 0 Å². The first-order chi connectivity index (χ1) is 7.46. The molecule has 0 aromatic rings. The van der Waals surface area contributed by atoms with Crippen LogP contribution in [0, 0.1) is 0 Å². The van der Waals surface area contributed by atoms with Gasteiger partial charge >= 0.3 is 25.0 Å². The number of rotatable bonds is 4. The van der Waals surface area contributed by atoms with E-state index in [4.69, 9.17) is 4.74 Å². The molecule has 0 fully saturated rings. The van der Waals surface area contributed by atoms with Crippen LogP contribution in [-0.4, -0.2) is 42.1 Å². The van der Waals surface area contributed by atoms with Crippen molar-refractivity contribution in [2.24, 2.45) is 0 Å². The van der Waals surface area contributed by atoms with Crippen LogP contribution in [0.5, 0.6) is 0 Å². The molecular formula is C10H16F2LiNO4. The van der Waals surface area contributed by atoms with Gasteiger partial charge in [-0.25, -0.2) is 4.79 Å². The van der Waals surface area contributed by atoms with Crippen LogP contribution in [0.4, 0.5) is 13.6 Å². The molecule has 0 atom stereocenters. The molecule has 0 heterocycles. The molecule has 100 valence electrons. The summed E-state index contributed by atoms with van der Waals surface area (Å²) in [5, 5.41) is 10.0. The van der Waals surface area contributed by atoms with Crippen LogP contribution >= 0.6 is 0 Å². The van der Waals surface area contributed by atoms with Crippen LogP contribution in [0.1, 0.15) is 27.2 Å². The number of carboxylic acids is 1. The Morgan fingerprint density at radius 1 is 1.28 bits per heavy atom. The molecule has 0 saturated carbocycles. The second kappa shape index (κ2) is 6.95. The van der Waals surface area contributed by atoms with E-state index in [2.05, 4.69) is 0 Å². The van der Waals surface area contributed by atoms with E-state index in [0.717, 1.165) is 4.90 Å². The fourth-order valence-electron chi connectivity index (χ4n) is 0.841. The van der Waals surface area contributed by atoms with E-state index in [0.29, 0.717) is 0 Å². The van der Waals surface area contributed by atoms with Crippen molar-refractivity contribution in [3.05, 3.63) is 0 Å². The Morgan fingerprint density at radius 2 is 1.72 bits per heavy atom. The molecule has 0 rings (SSSR count). The number of amides is 1. The topological polar surface area (TPSA) is 69.7 Å². The number of halogens is 2. The summed E-state index contributed by atoms with van der Waals surface area (Å²) >= 11 is 0. The Balaban J connectivity index is 0. The first kappa shape index (κ1) is 19.5. The SMILES string of the molecule is CN(CCC(F)(F)C(=O)[O-])C(=O)OC(C)(C)C.[Li+]. The second-order valence-corrected chi connectivity index (χ2v) is 4.64. The van der Waals surface area contributed by atoms with Gasteiger partial charge in [-0.2, -0.15) is 8.78 Å². The van der Waals surface area contributed by atoms with Crippen molar-refractivity contribution in [2.45, 2.75) is 38.7 Å². The van der Waals surface area contributed by atoms with Gasteiger partial charge in [0.2, 0.25) is 0 Å². The van der Waals surface area contributed by atoms with Crippen LogP contribution in [0.3, 0.4) is 0 Å². The third-order valence-corrected chi connectivity index (χ3v) is 1.77. The molecule has 0 saturated heterocycles. The molecule has 0 unspecified atom stereocenters. The number of nitrogens with zero attached hydrogens (tertiary/aromatic N) is 1. The van der Waals surface area contributed by atoms with Gasteiger partial charge in [0, 0.05) is 20.0 Å². The zero-order chi connectivity index (χ0) is 13.9. The van der Waals surface area contributed by atoms with Gasteiger partial charge in [-0.15, -0.1) is 0 Å². The normalized spacial score (nSPS) is 11.4. The molecule has 0 bridgehead atoms. The molecular weight excluding hydrogens is 243 g/mol. The van der Waals surface area contributed by atoms with Crippen molar-refractivity contribution in [1.82, 2.24) is 4.90 Å². The van der Waals surface area contributed by atoms with E-state index in [1.165, 1.54) is 7.05 Å². The third kappa shape index (κ3) is 7.51. The molecule has 0 aromatic heterocycles. The first-order valence-electron chi connectivity index (χ1n) is 4.99. The quantitative estimate of drug-likeness (QED) is 0.529. The zero-order valence-electron chi connectivity index (χ0n) is 11.3. The molecule has 0 radical (unpaired) electrons. The smallest absolute Gasteiger partial charge is 0.544 e. The van der Waals surface area contributed by atoms with Crippen LogP contribution < -0.4 is 24.0 Å². The molecule has 0 aliphatic heterocycles. The van der Waals surface area contributed by atoms with Gasteiger partial charge < -0.3 is 19.5 Å². The molecule has 5 nitrogen and oxygen atoms in total. The summed E-state index contributed by atoms with van der Waals surface area (Å²) < 4.78 is 30.2. The average Bonchev–Trinajstić information content (AvgIpc) is 2.11. The summed E-state index contributed by atoms with van der Waals surface area (Å²) in [5.74, 6) is -6.40. The standard InChI is InChI=1S/C10H17F2NO4.Li/c1-9(2,3)17-8(16)13(4)6-5-10(11,12)7(14)15;/h5-6H2,1-4H3,(H,14,15);/q;+1/p-1. The largest absolute Gasteiger partial charge is 1.00 e. The van der Waals surface area contributed by atoms with Crippen molar-refractivity contribution < 1.29 is 47.1 Å². The van der Waals surface area contributed by atoms with Gasteiger partial charge in [-0.3, -0.25) is 0 Å². The van der Waals surface area contributed by atoms with Crippen molar-refractivity contribution in [3.8, 4) is 0 Å². The number of aliphatic carboxylic acids is 1. The average molecular weight is 259 g/mol. The molecule has 0 aliphatic rings. The Bertz CT molecular complexity index is 305. The Labute approximate surface area is 117 Å². The summed E-state index contributed by atoms with van der Waals surface area (Å²) in [4.78, 5) is 22.3. The number of carbonyl (C=O) groups is 2. The maximum absolute atomic E-state index is 12.7. The second-order valence-electron chi connectivity index (χ2n) is 4.64. The van der Waals surface area contributed by atoms with Crippen molar-refractivity contribution in [1.29, 1.82) is 0 Å². The minimum atomic E-state index is -3.95. The molecule has 1 amide bonds. The number of hydrogen-bond donors (Lipinski definition) is 0. The van der Waals surface area contributed by atoms with E-state index < -0.39 is 36.6 Å². The van der Waals surface area contributed by atoms with Gasteiger partial charge in [0.25, 0.3) is 5.92 Å². The predicted octanol–water partition coefficient (Wildman–Crippen LogP) is -2.37. The summed E-state index contributed by atoms with van der Waals surface area (Å²) in [6.45, 7) is 4.47. The Kier molecular flexibility index (Phi) is 7.54. The van der Waals surface area contributed by atoms with Crippen LogP contribution in [0.2, 0.25) is 0 Å². The molecule has 8 heteroatoms. The molecule has 0 spiro atoms. The zero-order valence-corrected chi connectivity index (χ0v) is 11.3. The Morgan fingerprint density at radius 3 is 2.06 bits per heavy atom. The van der Waals surface area contributed by atoms with Gasteiger partial charge in [0.05, 0.1) is 0 Å². The first-order valence-corrected chi connectivity index (χ1v) is 4.99. The number of carboxylic acid groups (broad SMARTS) is 1. The molecule has 0 N–H and O–H groups in total. The Hall–Kier alpha value is -0.803. The molecule has 18 heavy (non-hydrogen) atoms. The number of carbonyl (C=O) groups excluding carboxylic acids is 2.